The molecule has 1 N–H and O–H groups in total. The molecular weight excluding hydrogens is 188 g/mol. The average molecular weight is 206 g/mol. The van der Waals surface area contributed by atoms with E-state index in [2.05, 4.69) is 15.5 Å². The Kier molecular flexibility index (Phi) is 2.44. The molecule has 0 radical (unpaired) electrons. The monoisotopic (exact) mass is 206 g/mol. The Morgan fingerprint density at radius 3 is 2.20 bits per heavy atom. The van der Waals surface area contributed by atoms with Crippen molar-refractivity contribution in [1.82, 2.24) is 20.3 Å². The van der Waals surface area contributed by atoms with Gasteiger partial charge in [0.2, 0.25) is 0 Å². The van der Waals surface area contributed by atoms with Gasteiger partial charge in [0.1, 0.15) is 0 Å². The molecule has 2 heterocycles. The third-order valence-corrected chi connectivity index (χ3v) is 3.49. The van der Waals surface area contributed by atoms with Gasteiger partial charge in [0, 0.05) is 0 Å². The topological polar surface area (TPSA) is 42.7 Å². The molecule has 1 saturated heterocycles. The fraction of sp³-hybridized carbons (Fsp3) is 0.818. The Hall–Kier alpha value is -0.900. The van der Waals surface area contributed by atoms with E-state index in [0.717, 1.165) is 25.9 Å². The predicted molar refractivity (Wildman–Crippen MR) is 57.8 cm³/mol. The van der Waals surface area contributed by atoms with Gasteiger partial charge in [-0.2, -0.15) is 15.0 Å². The van der Waals surface area contributed by atoms with Crippen LogP contribution in [-0.2, 0) is 12.8 Å². The highest BCUT2D eigenvalue weighted by atomic mass is 15.5. The third kappa shape index (κ3) is 1.78. The van der Waals surface area contributed by atoms with Crippen LogP contribution < -0.4 is 5.32 Å². The SMILES string of the molecule is C1CCc2nn(C3CCNCC3)nc2C1. The molecule has 1 aromatic heterocycles. The minimum atomic E-state index is 0.539. The number of fused-ring (bicyclic) bond motifs is 1. The molecule has 1 aliphatic carbocycles. The number of hydrogen-bond acceptors (Lipinski definition) is 3. The fourth-order valence-electron chi connectivity index (χ4n) is 2.56. The van der Waals surface area contributed by atoms with E-state index in [1.54, 1.807) is 0 Å². The number of aromatic nitrogens is 3. The fourth-order valence-corrected chi connectivity index (χ4v) is 2.56. The molecule has 3 rings (SSSR count). The smallest absolute Gasteiger partial charge is 0.0859 e. The van der Waals surface area contributed by atoms with E-state index in [4.69, 9.17) is 0 Å². The van der Waals surface area contributed by atoms with Gasteiger partial charge in [-0.15, -0.1) is 0 Å². The van der Waals surface area contributed by atoms with Crippen LogP contribution >= 0.6 is 0 Å². The zero-order valence-electron chi connectivity index (χ0n) is 9.08. The molecule has 0 aromatic carbocycles. The quantitative estimate of drug-likeness (QED) is 0.747. The summed E-state index contributed by atoms with van der Waals surface area (Å²) < 4.78 is 0. The molecule has 4 nitrogen and oxygen atoms in total. The van der Waals surface area contributed by atoms with E-state index in [9.17, 15) is 0 Å². The minimum Gasteiger partial charge on any atom is -0.317 e. The van der Waals surface area contributed by atoms with Crippen molar-refractivity contribution in [3.8, 4) is 0 Å². The lowest BCUT2D eigenvalue weighted by Gasteiger charge is -2.21. The van der Waals surface area contributed by atoms with Gasteiger partial charge in [0.15, 0.2) is 0 Å². The summed E-state index contributed by atoms with van der Waals surface area (Å²) in [6, 6.07) is 0.539. The highest BCUT2D eigenvalue weighted by Gasteiger charge is 2.21. The molecule has 2 aliphatic rings. The highest BCUT2D eigenvalue weighted by Crippen LogP contribution is 2.21. The molecule has 1 aliphatic heterocycles. The summed E-state index contributed by atoms with van der Waals surface area (Å²) in [5, 5.41) is 12.7. The normalized spacial score (nSPS) is 22.7. The molecule has 0 amide bonds. The van der Waals surface area contributed by atoms with Crippen LogP contribution in [0.15, 0.2) is 0 Å². The van der Waals surface area contributed by atoms with Gasteiger partial charge in [0.05, 0.1) is 17.4 Å². The Morgan fingerprint density at radius 2 is 1.60 bits per heavy atom. The standard InChI is InChI=1S/C11H18N4/c1-2-4-11-10(3-1)13-15(14-11)9-5-7-12-8-6-9/h9,12H,1-8H2. The zero-order chi connectivity index (χ0) is 10.1. The van der Waals surface area contributed by atoms with Crippen LogP contribution in [0.25, 0.3) is 0 Å². The second-order valence-corrected chi connectivity index (χ2v) is 4.60. The number of hydrogen-bond donors (Lipinski definition) is 1. The Bertz CT molecular complexity index is 315. The van der Waals surface area contributed by atoms with Crippen molar-refractivity contribution in [2.24, 2.45) is 0 Å². The average Bonchev–Trinajstić information content (AvgIpc) is 2.74. The molecule has 1 aromatic rings. The molecule has 1 fully saturated rings. The molecular formula is C11H18N4. The van der Waals surface area contributed by atoms with Gasteiger partial charge >= 0.3 is 0 Å². The first-order valence-electron chi connectivity index (χ1n) is 6.09. The molecule has 0 bridgehead atoms. The lowest BCUT2D eigenvalue weighted by atomic mass is 10.0. The first kappa shape index (κ1) is 9.33. The van der Waals surface area contributed by atoms with Crippen LogP contribution in [0.2, 0.25) is 0 Å². The van der Waals surface area contributed by atoms with E-state index in [1.807, 2.05) is 4.80 Å². The van der Waals surface area contributed by atoms with E-state index in [-0.39, 0.29) is 0 Å². The van der Waals surface area contributed by atoms with Crippen molar-refractivity contribution < 1.29 is 0 Å². The maximum Gasteiger partial charge on any atom is 0.0859 e. The van der Waals surface area contributed by atoms with Crippen LogP contribution in [0.4, 0.5) is 0 Å². The minimum absolute atomic E-state index is 0.539. The van der Waals surface area contributed by atoms with Crippen LogP contribution in [0.5, 0.6) is 0 Å². The second kappa shape index (κ2) is 3.93. The number of nitrogens with zero attached hydrogens (tertiary/aromatic N) is 3. The summed E-state index contributed by atoms with van der Waals surface area (Å²) in [6.07, 6.45) is 7.21. The van der Waals surface area contributed by atoms with E-state index in [0.29, 0.717) is 6.04 Å². The summed E-state index contributed by atoms with van der Waals surface area (Å²) in [6.45, 7) is 2.22. The van der Waals surface area contributed by atoms with Crippen molar-refractivity contribution in [2.75, 3.05) is 13.1 Å². The highest BCUT2D eigenvalue weighted by molar-refractivity contribution is 5.12. The third-order valence-electron chi connectivity index (χ3n) is 3.49. The Morgan fingerprint density at radius 1 is 1.00 bits per heavy atom. The summed E-state index contributed by atoms with van der Waals surface area (Å²) in [7, 11) is 0. The molecule has 0 atom stereocenters. The van der Waals surface area contributed by atoms with Crippen molar-refractivity contribution in [2.45, 2.75) is 44.6 Å². The lowest BCUT2D eigenvalue weighted by Crippen LogP contribution is -2.30. The molecule has 0 spiro atoms. The molecule has 82 valence electrons. The molecule has 4 heteroatoms. The van der Waals surface area contributed by atoms with Crippen LogP contribution in [-0.4, -0.2) is 28.1 Å². The van der Waals surface area contributed by atoms with Crippen LogP contribution in [0.3, 0.4) is 0 Å². The largest absolute Gasteiger partial charge is 0.317 e. The van der Waals surface area contributed by atoms with E-state index >= 15 is 0 Å². The Balaban J connectivity index is 1.82. The van der Waals surface area contributed by atoms with Crippen molar-refractivity contribution in [3.05, 3.63) is 11.4 Å². The van der Waals surface area contributed by atoms with Gasteiger partial charge in [-0.05, 0) is 51.6 Å². The van der Waals surface area contributed by atoms with Gasteiger partial charge < -0.3 is 5.32 Å². The second-order valence-electron chi connectivity index (χ2n) is 4.60. The van der Waals surface area contributed by atoms with E-state index in [1.165, 1.54) is 37.1 Å². The number of rotatable bonds is 1. The first-order valence-corrected chi connectivity index (χ1v) is 6.09. The summed E-state index contributed by atoms with van der Waals surface area (Å²) >= 11 is 0. The number of aryl methyl sites for hydroxylation is 2. The summed E-state index contributed by atoms with van der Waals surface area (Å²) in [5.41, 5.74) is 2.53. The summed E-state index contributed by atoms with van der Waals surface area (Å²) in [5.74, 6) is 0. The number of piperidine rings is 1. The van der Waals surface area contributed by atoms with Gasteiger partial charge in [-0.3, -0.25) is 0 Å². The maximum atomic E-state index is 4.65. The van der Waals surface area contributed by atoms with Crippen LogP contribution in [0, 0.1) is 0 Å². The van der Waals surface area contributed by atoms with Crippen molar-refractivity contribution in [1.29, 1.82) is 0 Å². The van der Waals surface area contributed by atoms with Gasteiger partial charge in [-0.1, -0.05) is 0 Å². The first-order chi connectivity index (χ1) is 7.43. The molecule has 0 saturated carbocycles. The maximum absolute atomic E-state index is 4.65. The van der Waals surface area contributed by atoms with Gasteiger partial charge in [0.25, 0.3) is 0 Å². The lowest BCUT2D eigenvalue weighted by molar-refractivity contribution is 0.312. The molecule has 0 unspecified atom stereocenters. The van der Waals surface area contributed by atoms with Crippen LogP contribution in [0.1, 0.15) is 43.1 Å². The predicted octanol–water partition coefficient (Wildman–Crippen LogP) is 1.08. The Labute approximate surface area is 90.0 Å². The van der Waals surface area contributed by atoms with E-state index < -0.39 is 0 Å². The summed E-state index contributed by atoms with van der Waals surface area (Å²) in [4.78, 5) is 2.00. The number of nitrogens with one attached hydrogen (secondary N) is 1. The van der Waals surface area contributed by atoms with Crippen molar-refractivity contribution >= 4 is 0 Å². The molecule has 15 heavy (non-hydrogen) atoms. The van der Waals surface area contributed by atoms with Gasteiger partial charge in [-0.25, -0.2) is 0 Å². The van der Waals surface area contributed by atoms with Crippen molar-refractivity contribution in [3.63, 3.8) is 0 Å². The zero-order valence-corrected chi connectivity index (χ0v) is 9.08.